The molecule has 4 bridgehead atoms. The van der Waals surface area contributed by atoms with Crippen LogP contribution in [0, 0.1) is 0 Å². The first-order valence-electron chi connectivity index (χ1n) is 24.1. The highest BCUT2D eigenvalue weighted by Crippen LogP contribution is 2.42. The number of alkyl halides is 6. The second-order valence-corrected chi connectivity index (χ2v) is 18.7. The van der Waals surface area contributed by atoms with Gasteiger partial charge in [0, 0.05) is 37.3 Å². The van der Waals surface area contributed by atoms with Gasteiger partial charge >= 0.3 is 24.4 Å². The van der Waals surface area contributed by atoms with Crippen molar-refractivity contribution in [2.45, 2.75) is 69.1 Å². The number of amides is 4. The van der Waals surface area contributed by atoms with E-state index in [9.17, 15) is 41.0 Å². The summed E-state index contributed by atoms with van der Waals surface area (Å²) < 4.78 is 102. The fourth-order valence-electron chi connectivity index (χ4n) is 9.25. The molecule has 28 heteroatoms. The minimum absolute atomic E-state index is 0.0329. The predicted molar refractivity (Wildman–Crippen MR) is 262 cm³/mol. The molecular weight excluding hydrogens is 1030 g/mol. The second-order valence-electron chi connectivity index (χ2n) is 18.7. The standard InChI is InChI=1S/C26H26F3N7O4.C23H22F3N7O4/c1-25(2)39-14-18(40-25)13-38-21-11-30-10-20(32-21)33-24(37)36-17-6-7-35(12-17)19-9-31-22(34-23(19)36)15-4-3-5-16(8-15)26(27,28)29;24-23(25,26)14-3-1-2-13(6-14)20-28-7-17-21(31-20)33(15-4-5-32(17)10-15)22(36)30-18-8-27-9-19(29-18)37-12-16(35)11-34/h3-5,8-11,17-18H,6-7,12-14H2,1-2H3,(H,32,33,37);1-3,6-9,15-16,34-35H,4-5,10-12H2,(H,29,30,36)/t17-,18+;15-,16-/m00/s1. The number of aliphatic hydroxyl groups is 2. The van der Waals surface area contributed by atoms with Crippen molar-refractivity contribution < 1.29 is 65.1 Å². The van der Waals surface area contributed by atoms with Gasteiger partial charge in [-0.2, -0.15) is 36.3 Å². The maximum absolute atomic E-state index is 13.5. The van der Waals surface area contributed by atoms with Crippen molar-refractivity contribution in [3.63, 3.8) is 0 Å². The molecule has 3 saturated heterocycles. The number of hydrogen-bond acceptors (Lipinski definition) is 18. The van der Waals surface area contributed by atoms with Gasteiger partial charge in [-0.3, -0.25) is 30.4 Å². The Balaban J connectivity index is 0.000000175. The Labute approximate surface area is 434 Å². The number of anilines is 6. The van der Waals surface area contributed by atoms with Crippen LogP contribution in [-0.4, -0.2) is 145 Å². The molecule has 0 unspecified atom stereocenters. The number of nitrogens with zero attached hydrogens (tertiary/aromatic N) is 12. The van der Waals surface area contributed by atoms with Crippen LogP contribution in [0.5, 0.6) is 11.8 Å². The molecule has 3 fully saturated rings. The Bertz CT molecular complexity index is 3160. The van der Waals surface area contributed by atoms with E-state index in [0.29, 0.717) is 62.8 Å². The Hall–Kier alpha value is -8.08. The number of carbonyl (C=O) groups excluding carboxylic acids is 2. The van der Waals surface area contributed by atoms with Crippen LogP contribution in [0.1, 0.15) is 37.8 Å². The lowest BCUT2D eigenvalue weighted by molar-refractivity contribution is -0.141. The quantitative estimate of drug-likeness (QED) is 0.102. The first kappa shape index (κ1) is 52.4. The van der Waals surface area contributed by atoms with Crippen molar-refractivity contribution in [2.24, 2.45) is 0 Å². The third-order valence-electron chi connectivity index (χ3n) is 12.8. The van der Waals surface area contributed by atoms with E-state index in [2.05, 4.69) is 55.4 Å². The predicted octanol–water partition coefficient (Wildman–Crippen LogP) is 6.43. The third kappa shape index (κ3) is 11.7. The lowest BCUT2D eigenvalue weighted by Gasteiger charge is -2.35. The van der Waals surface area contributed by atoms with Crippen LogP contribution in [0.3, 0.4) is 0 Å². The molecule has 0 radical (unpaired) electrons. The molecule has 0 aliphatic carbocycles. The van der Waals surface area contributed by atoms with Crippen LogP contribution in [0.25, 0.3) is 22.8 Å². The first-order chi connectivity index (χ1) is 36.8. The molecule has 22 nitrogen and oxygen atoms in total. The zero-order valence-electron chi connectivity index (χ0n) is 40.9. The van der Waals surface area contributed by atoms with Crippen LogP contribution in [-0.2, 0) is 21.8 Å². The van der Waals surface area contributed by atoms with Gasteiger partial charge in [0.05, 0.1) is 85.0 Å². The molecule has 5 aliphatic heterocycles. The van der Waals surface area contributed by atoms with Gasteiger partial charge in [-0.25, -0.2) is 29.5 Å². The fourth-order valence-corrected chi connectivity index (χ4v) is 9.25. The number of aromatic nitrogens is 8. The van der Waals surface area contributed by atoms with Crippen LogP contribution >= 0.6 is 0 Å². The number of hydrogen-bond donors (Lipinski definition) is 4. The van der Waals surface area contributed by atoms with Gasteiger partial charge in [0.1, 0.15) is 25.4 Å². The lowest BCUT2D eigenvalue weighted by atomic mass is 10.1. The average Bonchev–Trinajstić information content (AvgIpc) is 4.16. The Morgan fingerprint density at radius 3 is 1.68 bits per heavy atom. The smallest absolute Gasteiger partial charge is 0.416 e. The number of rotatable bonds is 11. The molecule has 6 aromatic rings. The highest BCUT2D eigenvalue weighted by Gasteiger charge is 2.43. The summed E-state index contributed by atoms with van der Waals surface area (Å²) >= 11 is 0. The van der Waals surface area contributed by atoms with Crippen molar-refractivity contribution in [2.75, 3.05) is 82.8 Å². The van der Waals surface area contributed by atoms with E-state index in [4.69, 9.17) is 24.1 Å². The molecule has 11 rings (SSSR count). The minimum atomic E-state index is -4.52. The molecule has 404 valence electrons. The normalized spacial score (nSPS) is 19.4. The van der Waals surface area contributed by atoms with Crippen molar-refractivity contribution >= 4 is 46.7 Å². The lowest BCUT2D eigenvalue weighted by Crippen LogP contribution is -2.48. The van der Waals surface area contributed by atoms with Gasteiger partial charge in [-0.05, 0) is 51.0 Å². The molecule has 4 N–H and O–H groups in total. The molecule has 9 heterocycles. The summed E-state index contributed by atoms with van der Waals surface area (Å²) in [7, 11) is 0. The number of urea groups is 2. The first-order valence-corrected chi connectivity index (χ1v) is 24.1. The van der Waals surface area contributed by atoms with Crippen molar-refractivity contribution in [1.29, 1.82) is 0 Å². The maximum atomic E-state index is 13.5. The molecule has 77 heavy (non-hydrogen) atoms. The highest BCUT2D eigenvalue weighted by molar-refractivity contribution is 6.05. The average molecular weight is 1080 g/mol. The maximum Gasteiger partial charge on any atom is 0.416 e. The summed E-state index contributed by atoms with van der Waals surface area (Å²) in [5.74, 6) is 0.535. The van der Waals surface area contributed by atoms with Crippen molar-refractivity contribution in [1.82, 2.24) is 39.9 Å². The summed E-state index contributed by atoms with van der Waals surface area (Å²) in [6.07, 6.45) is -0.549. The summed E-state index contributed by atoms with van der Waals surface area (Å²) in [5, 5.41) is 23.8. The van der Waals surface area contributed by atoms with Gasteiger partial charge in [0.25, 0.3) is 0 Å². The summed E-state index contributed by atoms with van der Waals surface area (Å²) in [5.41, 5.74) is -0.0308. The second kappa shape index (κ2) is 21.2. The zero-order valence-corrected chi connectivity index (χ0v) is 40.9. The van der Waals surface area contributed by atoms with E-state index < -0.39 is 54.0 Å². The van der Waals surface area contributed by atoms with E-state index >= 15 is 0 Å². The van der Waals surface area contributed by atoms with E-state index in [1.54, 1.807) is 6.20 Å². The van der Waals surface area contributed by atoms with Crippen LogP contribution in [0.4, 0.5) is 70.6 Å². The van der Waals surface area contributed by atoms with Gasteiger partial charge in [-0.1, -0.05) is 24.3 Å². The van der Waals surface area contributed by atoms with Crippen LogP contribution in [0.15, 0.2) is 85.7 Å². The molecule has 5 aliphatic rings. The van der Waals surface area contributed by atoms with Gasteiger partial charge in [0.2, 0.25) is 11.8 Å². The SMILES string of the molecule is CC1(C)OC[C@@H](COc2cncc(NC(=O)N3c4nc(-c5cccc(C(F)(F)F)c5)ncc4N4CC[C@H]3C4)n2)O1.O=C(Nc1cncc(OC[C@@H](O)CO)n1)N1c2nc(-c3cccc(C(F)(F)F)c3)ncc2N2CC[C@H]1C2. The number of aliphatic hydroxyl groups excluding tert-OH is 2. The number of fused-ring (bicyclic) bond motifs is 8. The van der Waals surface area contributed by atoms with Crippen molar-refractivity contribution in [3.05, 3.63) is 96.8 Å². The van der Waals surface area contributed by atoms with Gasteiger partial charge in [0.15, 0.2) is 40.7 Å². The molecule has 4 aromatic heterocycles. The monoisotopic (exact) mass is 1070 g/mol. The fraction of sp³-hybridized carbons (Fsp3) is 0.388. The number of halogens is 6. The van der Waals surface area contributed by atoms with E-state index in [0.717, 1.165) is 24.3 Å². The van der Waals surface area contributed by atoms with E-state index in [-0.39, 0.29) is 83.4 Å². The van der Waals surface area contributed by atoms with Crippen molar-refractivity contribution in [3.8, 4) is 34.5 Å². The van der Waals surface area contributed by atoms with Crippen LogP contribution < -0.4 is 39.7 Å². The molecule has 0 spiro atoms. The third-order valence-corrected chi connectivity index (χ3v) is 12.8. The number of ether oxygens (including phenoxy) is 4. The van der Waals surface area contributed by atoms with E-state index in [1.165, 1.54) is 65.0 Å². The summed E-state index contributed by atoms with van der Waals surface area (Å²) in [4.78, 5) is 68.2. The number of nitrogens with one attached hydrogen (secondary N) is 2. The minimum Gasteiger partial charge on any atom is -0.474 e. The Kier molecular flexibility index (Phi) is 14.4. The van der Waals surface area contributed by atoms with Gasteiger partial charge in [-0.15, -0.1) is 0 Å². The topological polar surface area (TPSA) is 252 Å². The molecule has 4 amide bonds. The highest BCUT2D eigenvalue weighted by atomic mass is 19.4. The Morgan fingerprint density at radius 2 is 1.22 bits per heavy atom. The van der Waals surface area contributed by atoms with Crippen LogP contribution in [0.2, 0.25) is 0 Å². The molecule has 4 atom stereocenters. The largest absolute Gasteiger partial charge is 0.474 e. The molecule has 0 saturated carbocycles. The Morgan fingerprint density at radius 1 is 0.727 bits per heavy atom. The zero-order chi connectivity index (χ0) is 54.2. The summed E-state index contributed by atoms with van der Waals surface area (Å²) in [6, 6.07) is 8.04. The molecule has 2 aromatic carbocycles. The van der Waals surface area contributed by atoms with E-state index in [1.807, 2.05) is 18.7 Å². The molecular formula is C49H48F6N14O8. The number of carbonyl (C=O) groups is 2. The number of benzene rings is 2. The van der Waals surface area contributed by atoms with Gasteiger partial charge < -0.3 is 39.0 Å². The summed E-state index contributed by atoms with van der Waals surface area (Å²) in [6.45, 7) is 6.02.